The zero-order valence-electron chi connectivity index (χ0n) is 11.8. The summed E-state index contributed by atoms with van der Waals surface area (Å²) in [5.41, 5.74) is 1.35. The molecule has 0 saturated carbocycles. The number of hydrogen-bond donors (Lipinski definition) is 1. The van der Waals surface area contributed by atoms with Gasteiger partial charge in [0.2, 0.25) is 0 Å². The van der Waals surface area contributed by atoms with E-state index in [0.29, 0.717) is 12.1 Å². The van der Waals surface area contributed by atoms with Crippen LogP contribution >= 0.6 is 0 Å². The topological polar surface area (TPSA) is 24.5 Å². The molecular weight excluding hydrogens is 236 g/mol. The first kappa shape index (κ1) is 12.9. The first-order valence-electron chi connectivity index (χ1n) is 7.48. The number of fused-ring (bicyclic) bond motifs is 1. The highest BCUT2D eigenvalue weighted by atomic mass is 16.5. The zero-order valence-corrected chi connectivity index (χ0v) is 11.8. The number of ether oxygens (including phenoxy) is 1. The zero-order chi connectivity index (χ0) is 13.1. The van der Waals surface area contributed by atoms with E-state index in [1.165, 1.54) is 31.4 Å². The Morgan fingerprint density at radius 3 is 3.00 bits per heavy atom. The van der Waals surface area contributed by atoms with Crippen LogP contribution in [0.25, 0.3) is 0 Å². The van der Waals surface area contributed by atoms with Crippen LogP contribution in [0.4, 0.5) is 0 Å². The van der Waals surface area contributed by atoms with E-state index in [1.807, 2.05) is 6.07 Å². The highest BCUT2D eigenvalue weighted by Gasteiger charge is 2.23. The SMILES string of the molecule is CN1CCCCC1CNCC1Cc2ccccc2O1. The van der Waals surface area contributed by atoms with Gasteiger partial charge in [0.15, 0.2) is 0 Å². The van der Waals surface area contributed by atoms with Crippen molar-refractivity contribution < 1.29 is 4.74 Å². The van der Waals surface area contributed by atoms with Crippen LogP contribution in [-0.4, -0.2) is 43.7 Å². The number of nitrogens with zero attached hydrogens (tertiary/aromatic N) is 1. The van der Waals surface area contributed by atoms with Crippen LogP contribution in [0.5, 0.6) is 5.75 Å². The largest absolute Gasteiger partial charge is 0.488 e. The fourth-order valence-electron chi connectivity index (χ4n) is 3.18. The van der Waals surface area contributed by atoms with Crippen molar-refractivity contribution in [1.29, 1.82) is 0 Å². The van der Waals surface area contributed by atoms with Gasteiger partial charge >= 0.3 is 0 Å². The van der Waals surface area contributed by atoms with Gasteiger partial charge in [-0.1, -0.05) is 24.6 Å². The molecule has 0 aliphatic carbocycles. The van der Waals surface area contributed by atoms with Crippen LogP contribution in [0.1, 0.15) is 24.8 Å². The highest BCUT2D eigenvalue weighted by molar-refractivity contribution is 5.37. The number of piperidine rings is 1. The molecule has 1 aromatic carbocycles. The van der Waals surface area contributed by atoms with Crippen molar-refractivity contribution in [3.63, 3.8) is 0 Å². The van der Waals surface area contributed by atoms with Gasteiger partial charge in [-0.3, -0.25) is 0 Å². The van der Waals surface area contributed by atoms with Gasteiger partial charge in [0, 0.05) is 25.6 Å². The summed E-state index contributed by atoms with van der Waals surface area (Å²) in [7, 11) is 2.24. The van der Waals surface area contributed by atoms with Crippen molar-refractivity contribution in [1.82, 2.24) is 10.2 Å². The van der Waals surface area contributed by atoms with E-state index in [1.54, 1.807) is 0 Å². The second-order valence-electron chi connectivity index (χ2n) is 5.84. The third-order valence-electron chi connectivity index (χ3n) is 4.39. The smallest absolute Gasteiger partial charge is 0.123 e. The summed E-state index contributed by atoms with van der Waals surface area (Å²) in [6, 6.07) is 9.09. The Labute approximate surface area is 115 Å². The van der Waals surface area contributed by atoms with Gasteiger partial charge in [0.25, 0.3) is 0 Å². The molecule has 0 radical (unpaired) electrons. The molecule has 2 heterocycles. The summed E-state index contributed by atoms with van der Waals surface area (Å²) in [5, 5.41) is 3.60. The second kappa shape index (κ2) is 5.93. The summed E-state index contributed by atoms with van der Waals surface area (Å²) in [6.07, 6.45) is 5.42. The third kappa shape index (κ3) is 3.10. The normalized spacial score (nSPS) is 27.0. The predicted octanol–water partition coefficient (Wildman–Crippen LogP) is 2.06. The van der Waals surface area contributed by atoms with Crippen LogP contribution in [0, 0.1) is 0 Å². The van der Waals surface area contributed by atoms with Gasteiger partial charge in [0.1, 0.15) is 11.9 Å². The molecule has 3 heteroatoms. The van der Waals surface area contributed by atoms with Crippen molar-refractivity contribution in [2.24, 2.45) is 0 Å². The van der Waals surface area contributed by atoms with Gasteiger partial charge < -0.3 is 15.0 Å². The molecule has 3 nitrogen and oxygen atoms in total. The van der Waals surface area contributed by atoms with Crippen molar-refractivity contribution in [3.05, 3.63) is 29.8 Å². The maximum Gasteiger partial charge on any atom is 0.123 e. The van der Waals surface area contributed by atoms with Crippen LogP contribution in [0.15, 0.2) is 24.3 Å². The van der Waals surface area contributed by atoms with E-state index in [0.717, 1.165) is 25.3 Å². The van der Waals surface area contributed by atoms with E-state index in [4.69, 9.17) is 4.74 Å². The van der Waals surface area contributed by atoms with E-state index < -0.39 is 0 Å². The van der Waals surface area contributed by atoms with Crippen molar-refractivity contribution in [2.75, 3.05) is 26.7 Å². The second-order valence-corrected chi connectivity index (χ2v) is 5.84. The van der Waals surface area contributed by atoms with Gasteiger partial charge in [-0.05, 0) is 38.1 Å². The van der Waals surface area contributed by atoms with Crippen LogP contribution in [0.2, 0.25) is 0 Å². The molecule has 1 aromatic rings. The molecule has 0 spiro atoms. The third-order valence-corrected chi connectivity index (χ3v) is 4.39. The number of para-hydroxylation sites is 1. The molecule has 0 bridgehead atoms. The van der Waals surface area contributed by atoms with E-state index >= 15 is 0 Å². The Morgan fingerprint density at radius 1 is 1.26 bits per heavy atom. The average molecular weight is 260 g/mol. The molecular formula is C16H24N2O. The van der Waals surface area contributed by atoms with E-state index in [2.05, 4.69) is 35.5 Å². The fourth-order valence-corrected chi connectivity index (χ4v) is 3.18. The highest BCUT2D eigenvalue weighted by Crippen LogP contribution is 2.27. The molecule has 1 fully saturated rings. The monoisotopic (exact) mass is 260 g/mol. The molecule has 2 unspecified atom stereocenters. The molecule has 0 aromatic heterocycles. The standard InChI is InChI=1S/C16H24N2O/c1-18-9-5-4-7-14(18)11-17-12-15-10-13-6-2-3-8-16(13)19-15/h2-3,6,8,14-15,17H,4-5,7,9-12H2,1H3. The quantitative estimate of drug-likeness (QED) is 0.897. The van der Waals surface area contributed by atoms with Crippen LogP contribution in [0.3, 0.4) is 0 Å². The molecule has 0 amide bonds. The summed E-state index contributed by atoms with van der Waals surface area (Å²) in [5.74, 6) is 1.07. The van der Waals surface area contributed by atoms with Crippen LogP contribution < -0.4 is 10.1 Å². The Balaban J connectivity index is 1.42. The molecule has 3 rings (SSSR count). The summed E-state index contributed by atoms with van der Waals surface area (Å²) in [6.45, 7) is 3.30. The Bertz CT molecular complexity index is 396. The van der Waals surface area contributed by atoms with E-state index in [-0.39, 0.29) is 0 Å². The summed E-state index contributed by atoms with van der Waals surface area (Å²) < 4.78 is 5.95. The Kier molecular flexibility index (Phi) is 4.04. The molecule has 19 heavy (non-hydrogen) atoms. The molecule has 104 valence electrons. The molecule has 1 N–H and O–H groups in total. The predicted molar refractivity (Wildman–Crippen MR) is 77.7 cm³/mol. The fraction of sp³-hybridized carbons (Fsp3) is 0.625. The Morgan fingerprint density at radius 2 is 2.16 bits per heavy atom. The number of rotatable bonds is 4. The lowest BCUT2D eigenvalue weighted by molar-refractivity contribution is 0.171. The van der Waals surface area contributed by atoms with Crippen LogP contribution in [-0.2, 0) is 6.42 Å². The molecule has 2 aliphatic rings. The molecule has 2 aliphatic heterocycles. The van der Waals surface area contributed by atoms with Gasteiger partial charge in [-0.25, -0.2) is 0 Å². The lowest BCUT2D eigenvalue weighted by Crippen LogP contribution is -2.45. The first-order valence-corrected chi connectivity index (χ1v) is 7.48. The lowest BCUT2D eigenvalue weighted by atomic mass is 10.0. The minimum Gasteiger partial charge on any atom is -0.488 e. The van der Waals surface area contributed by atoms with Gasteiger partial charge in [-0.2, -0.15) is 0 Å². The lowest BCUT2D eigenvalue weighted by Gasteiger charge is -2.32. The van der Waals surface area contributed by atoms with Crippen molar-refractivity contribution in [3.8, 4) is 5.75 Å². The minimum atomic E-state index is 0.311. The average Bonchev–Trinajstić information content (AvgIpc) is 2.83. The molecule has 2 atom stereocenters. The first-order chi connectivity index (χ1) is 9.33. The Hall–Kier alpha value is -1.06. The summed E-state index contributed by atoms with van der Waals surface area (Å²) in [4.78, 5) is 2.49. The number of benzene rings is 1. The van der Waals surface area contributed by atoms with E-state index in [9.17, 15) is 0 Å². The molecule has 1 saturated heterocycles. The minimum absolute atomic E-state index is 0.311. The van der Waals surface area contributed by atoms with Crippen molar-refractivity contribution in [2.45, 2.75) is 37.8 Å². The summed E-state index contributed by atoms with van der Waals surface area (Å²) >= 11 is 0. The number of hydrogen-bond acceptors (Lipinski definition) is 3. The van der Waals surface area contributed by atoms with Crippen molar-refractivity contribution >= 4 is 0 Å². The van der Waals surface area contributed by atoms with Gasteiger partial charge in [0.05, 0.1) is 0 Å². The number of nitrogens with one attached hydrogen (secondary N) is 1. The number of likely N-dealkylation sites (N-methyl/N-ethyl adjacent to an activating group) is 1. The maximum absolute atomic E-state index is 5.95. The number of likely N-dealkylation sites (tertiary alicyclic amines) is 1. The maximum atomic E-state index is 5.95. The van der Waals surface area contributed by atoms with Gasteiger partial charge in [-0.15, -0.1) is 0 Å².